The molecule has 1 aromatic heterocycles. The Labute approximate surface area is 137 Å². The lowest BCUT2D eigenvalue weighted by molar-refractivity contribution is 0.00817. The molecule has 1 aliphatic heterocycles. The highest BCUT2D eigenvalue weighted by atomic mass is 16.6. The Hall–Kier alpha value is -2.36. The second-order valence-corrected chi connectivity index (χ2v) is 6.96. The average molecular weight is 310 g/mol. The number of amides is 1. The lowest BCUT2D eigenvalue weighted by atomic mass is 9.91. The quantitative estimate of drug-likeness (QED) is 0.839. The maximum Gasteiger partial charge on any atom is 0.410 e. The summed E-state index contributed by atoms with van der Waals surface area (Å²) in [5.41, 5.74) is 2.99. The van der Waals surface area contributed by atoms with Crippen LogP contribution in [0.5, 0.6) is 0 Å². The van der Waals surface area contributed by atoms with Gasteiger partial charge in [0.05, 0.1) is 0 Å². The summed E-state index contributed by atoms with van der Waals surface area (Å²) in [6, 6.07) is 12.4. The van der Waals surface area contributed by atoms with Gasteiger partial charge in [0.1, 0.15) is 5.60 Å². The molecule has 0 unspecified atom stereocenters. The molecule has 0 bridgehead atoms. The number of rotatable bonds is 2. The highest BCUT2D eigenvalue weighted by Crippen LogP contribution is 2.30. The third-order valence-electron chi connectivity index (χ3n) is 3.87. The van der Waals surface area contributed by atoms with Gasteiger partial charge in [-0.25, -0.2) is 4.79 Å². The normalized spacial score (nSPS) is 15.2. The zero-order valence-corrected chi connectivity index (χ0v) is 13.8. The van der Waals surface area contributed by atoms with E-state index in [4.69, 9.17) is 4.74 Å². The minimum atomic E-state index is -0.447. The number of carbonyl (C=O) groups excluding carboxylic acids is 1. The van der Waals surface area contributed by atoms with Crippen molar-refractivity contribution in [2.24, 2.45) is 0 Å². The van der Waals surface area contributed by atoms with Crippen molar-refractivity contribution in [2.75, 3.05) is 13.1 Å². The lowest BCUT2D eigenvalue weighted by Crippen LogP contribution is -2.50. The van der Waals surface area contributed by atoms with Gasteiger partial charge in [0.15, 0.2) is 0 Å². The predicted octanol–water partition coefficient (Wildman–Crippen LogP) is 4.08. The fourth-order valence-electron chi connectivity index (χ4n) is 2.63. The van der Waals surface area contributed by atoms with E-state index in [1.54, 1.807) is 4.90 Å². The van der Waals surface area contributed by atoms with Gasteiger partial charge in [0.25, 0.3) is 0 Å². The number of hydrogen-bond acceptors (Lipinski definition) is 3. The van der Waals surface area contributed by atoms with Crippen LogP contribution < -0.4 is 0 Å². The molecular weight excluding hydrogens is 288 g/mol. The molecule has 23 heavy (non-hydrogen) atoms. The van der Waals surface area contributed by atoms with Gasteiger partial charge in [-0.2, -0.15) is 0 Å². The summed E-state index contributed by atoms with van der Waals surface area (Å²) in [6.45, 7) is 7.03. The fraction of sp³-hybridized carbons (Fsp3) is 0.368. The molecular formula is C19H22N2O2. The smallest absolute Gasteiger partial charge is 0.410 e. The molecule has 1 aliphatic rings. The molecule has 2 aromatic rings. The van der Waals surface area contributed by atoms with Crippen molar-refractivity contribution in [1.82, 2.24) is 9.88 Å². The summed E-state index contributed by atoms with van der Waals surface area (Å²) in [6.07, 6.45) is 3.54. The summed E-state index contributed by atoms with van der Waals surface area (Å²) in [4.78, 5) is 18.1. The van der Waals surface area contributed by atoms with Crippen molar-refractivity contribution in [3.8, 4) is 11.1 Å². The first-order valence-electron chi connectivity index (χ1n) is 7.91. The first kappa shape index (κ1) is 15.5. The number of carbonyl (C=O) groups is 1. The first-order valence-corrected chi connectivity index (χ1v) is 7.91. The van der Waals surface area contributed by atoms with Gasteiger partial charge in [0.2, 0.25) is 0 Å². The molecule has 0 atom stereocenters. The Bertz CT molecular complexity index is 686. The van der Waals surface area contributed by atoms with Crippen LogP contribution in [0.1, 0.15) is 32.3 Å². The highest BCUT2D eigenvalue weighted by Gasteiger charge is 2.34. The molecule has 0 saturated carbocycles. The Morgan fingerprint density at radius 1 is 1.13 bits per heavy atom. The topological polar surface area (TPSA) is 42.4 Å². The van der Waals surface area contributed by atoms with E-state index in [1.165, 1.54) is 5.56 Å². The van der Waals surface area contributed by atoms with Crippen LogP contribution in [-0.2, 0) is 4.74 Å². The minimum absolute atomic E-state index is 0.235. The third-order valence-corrected chi connectivity index (χ3v) is 3.87. The maximum absolute atomic E-state index is 12.0. The van der Waals surface area contributed by atoms with E-state index in [9.17, 15) is 4.79 Å². The molecule has 120 valence electrons. The van der Waals surface area contributed by atoms with E-state index in [0.29, 0.717) is 19.0 Å². The SMILES string of the molecule is CC(C)(C)OC(=O)N1CC(c2cncc(-c3ccccc3)c2)C1. The summed E-state index contributed by atoms with van der Waals surface area (Å²) in [7, 11) is 0. The minimum Gasteiger partial charge on any atom is -0.444 e. The molecule has 0 aliphatic carbocycles. The molecule has 0 spiro atoms. The standard InChI is InChI=1S/C19H22N2O2/c1-19(2,3)23-18(22)21-12-17(13-21)16-9-15(10-20-11-16)14-7-5-4-6-8-14/h4-11,17H,12-13H2,1-3H3. The monoisotopic (exact) mass is 310 g/mol. The van der Waals surface area contributed by atoms with Crippen LogP contribution >= 0.6 is 0 Å². The van der Waals surface area contributed by atoms with Gasteiger partial charge < -0.3 is 9.64 Å². The number of nitrogens with zero attached hydrogens (tertiary/aromatic N) is 2. The van der Waals surface area contributed by atoms with Crippen LogP contribution in [0.2, 0.25) is 0 Å². The summed E-state index contributed by atoms with van der Waals surface area (Å²) in [5.74, 6) is 0.332. The maximum atomic E-state index is 12.0. The van der Waals surface area contributed by atoms with Crippen LogP contribution in [0.15, 0.2) is 48.8 Å². The molecule has 1 aromatic carbocycles. The van der Waals surface area contributed by atoms with Gasteiger partial charge >= 0.3 is 6.09 Å². The van der Waals surface area contributed by atoms with Gasteiger partial charge in [-0.3, -0.25) is 4.98 Å². The second-order valence-electron chi connectivity index (χ2n) is 6.96. The van der Waals surface area contributed by atoms with E-state index in [2.05, 4.69) is 23.2 Å². The summed E-state index contributed by atoms with van der Waals surface area (Å²) in [5, 5.41) is 0. The Balaban J connectivity index is 1.65. The molecule has 2 heterocycles. The number of hydrogen-bond donors (Lipinski definition) is 0. The zero-order chi connectivity index (χ0) is 16.4. The molecule has 0 N–H and O–H groups in total. The van der Waals surface area contributed by atoms with Crippen LogP contribution in [0, 0.1) is 0 Å². The van der Waals surface area contributed by atoms with Gasteiger partial charge in [-0.1, -0.05) is 30.3 Å². The number of benzene rings is 1. The Morgan fingerprint density at radius 2 is 1.83 bits per heavy atom. The average Bonchev–Trinajstić information content (AvgIpc) is 2.45. The highest BCUT2D eigenvalue weighted by molar-refractivity contribution is 5.70. The molecule has 4 heteroatoms. The largest absolute Gasteiger partial charge is 0.444 e. The molecule has 1 saturated heterocycles. The van der Waals surface area contributed by atoms with Crippen LogP contribution in [0.25, 0.3) is 11.1 Å². The van der Waals surface area contributed by atoms with Crippen molar-refractivity contribution in [3.63, 3.8) is 0 Å². The molecule has 4 nitrogen and oxygen atoms in total. The van der Waals surface area contributed by atoms with E-state index in [0.717, 1.165) is 11.1 Å². The van der Waals surface area contributed by atoms with Gasteiger partial charge in [-0.05, 0) is 38.0 Å². The van der Waals surface area contributed by atoms with E-state index >= 15 is 0 Å². The fourth-order valence-corrected chi connectivity index (χ4v) is 2.63. The second kappa shape index (κ2) is 6.03. The van der Waals surface area contributed by atoms with E-state index in [1.807, 2.05) is 51.4 Å². The predicted molar refractivity (Wildman–Crippen MR) is 90.2 cm³/mol. The summed E-state index contributed by atoms with van der Waals surface area (Å²) < 4.78 is 5.39. The molecule has 1 fully saturated rings. The van der Waals surface area contributed by atoms with E-state index in [-0.39, 0.29) is 6.09 Å². The van der Waals surface area contributed by atoms with Crippen molar-refractivity contribution in [1.29, 1.82) is 0 Å². The molecule has 0 radical (unpaired) electrons. The Morgan fingerprint density at radius 3 is 2.48 bits per heavy atom. The number of ether oxygens (including phenoxy) is 1. The van der Waals surface area contributed by atoms with Gasteiger partial charge in [-0.15, -0.1) is 0 Å². The number of likely N-dealkylation sites (tertiary alicyclic amines) is 1. The van der Waals surface area contributed by atoms with Crippen molar-refractivity contribution < 1.29 is 9.53 Å². The van der Waals surface area contributed by atoms with Crippen molar-refractivity contribution >= 4 is 6.09 Å². The molecule has 3 rings (SSSR count). The number of pyridine rings is 1. The van der Waals surface area contributed by atoms with Crippen LogP contribution in [0.4, 0.5) is 4.79 Å². The summed E-state index contributed by atoms with van der Waals surface area (Å²) >= 11 is 0. The molecule has 1 amide bonds. The van der Waals surface area contributed by atoms with Crippen LogP contribution in [-0.4, -0.2) is 34.7 Å². The lowest BCUT2D eigenvalue weighted by Gasteiger charge is -2.40. The zero-order valence-electron chi connectivity index (χ0n) is 13.8. The van der Waals surface area contributed by atoms with E-state index < -0.39 is 5.60 Å². The van der Waals surface area contributed by atoms with Gasteiger partial charge in [0, 0.05) is 37.0 Å². The third kappa shape index (κ3) is 3.70. The van der Waals surface area contributed by atoms with Crippen LogP contribution in [0.3, 0.4) is 0 Å². The van der Waals surface area contributed by atoms with Crippen molar-refractivity contribution in [3.05, 3.63) is 54.4 Å². The number of aromatic nitrogens is 1. The first-order chi connectivity index (χ1) is 10.9. The Kier molecular flexibility index (Phi) is 4.07. The van der Waals surface area contributed by atoms with Crippen molar-refractivity contribution in [2.45, 2.75) is 32.3 Å².